The molecule has 3 aliphatic rings. The number of hydrogen-bond acceptors (Lipinski definition) is 3. The third-order valence-electron chi connectivity index (χ3n) is 5.50. The van der Waals surface area contributed by atoms with Gasteiger partial charge in [0.05, 0.1) is 11.6 Å². The smallest absolute Gasteiger partial charge is 0.320 e. The Hall–Kier alpha value is -1.95. The highest BCUT2D eigenvalue weighted by atomic mass is 19.1. The number of likely N-dealkylation sites (tertiary alicyclic amines) is 1. The topological polar surface area (TPSA) is 69.6 Å². The molecule has 3 fully saturated rings. The lowest BCUT2D eigenvalue weighted by Gasteiger charge is -2.29. The molecule has 128 valence electrons. The summed E-state index contributed by atoms with van der Waals surface area (Å²) in [6, 6.07) is 5.57. The van der Waals surface area contributed by atoms with Gasteiger partial charge in [-0.3, -0.25) is 14.5 Å². The minimum atomic E-state index is -0.836. The van der Waals surface area contributed by atoms with Crippen molar-refractivity contribution in [2.24, 2.45) is 0 Å². The molecule has 1 amide bonds. The van der Waals surface area contributed by atoms with Crippen LogP contribution in [0.25, 0.3) is 0 Å². The maximum absolute atomic E-state index is 13.1. The van der Waals surface area contributed by atoms with Gasteiger partial charge in [-0.2, -0.15) is 0 Å². The molecule has 4 rings (SSSR count). The summed E-state index contributed by atoms with van der Waals surface area (Å²) in [6.45, 7) is 0. The Morgan fingerprint density at radius 3 is 2.25 bits per heavy atom. The Kier molecular flexibility index (Phi) is 3.60. The van der Waals surface area contributed by atoms with Gasteiger partial charge in [0.1, 0.15) is 11.9 Å². The van der Waals surface area contributed by atoms with Gasteiger partial charge in [-0.25, -0.2) is 4.39 Å². The van der Waals surface area contributed by atoms with Crippen LogP contribution in [0.1, 0.15) is 44.1 Å². The van der Waals surface area contributed by atoms with E-state index in [1.165, 1.54) is 12.1 Å². The maximum Gasteiger partial charge on any atom is 0.320 e. The summed E-state index contributed by atoms with van der Waals surface area (Å²) < 4.78 is 13.1. The number of carboxylic acid groups (broad SMARTS) is 1. The van der Waals surface area contributed by atoms with E-state index in [-0.39, 0.29) is 23.8 Å². The SMILES string of the molecule is O=C(O)C1CCC(C(=O)NC2(c3ccc(F)cc3)CC2)N1C1CC1. The zero-order chi connectivity index (χ0) is 16.9. The molecule has 1 aliphatic heterocycles. The number of amides is 1. The van der Waals surface area contributed by atoms with E-state index in [0.29, 0.717) is 12.8 Å². The fraction of sp³-hybridized carbons (Fsp3) is 0.556. The molecule has 2 N–H and O–H groups in total. The number of nitrogens with one attached hydrogen (secondary N) is 1. The zero-order valence-electron chi connectivity index (χ0n) is 13.4. The molecule has 1 aromatic rings. The maximum atomic E-state index is 13.1. The second kappa shape index (κ2) is 5.55. The minimum Gasteiger partial charge on any atom is -0.480 e. The van der Waals surface area contributed by atoms with Gasteiger partial charge < -0.3 is 10.4 Å². The fourth-order valence-electron chi connectivity index (χ4n) is 3.93. The van der Waals surface area contributed by atoms with Crippen LogP contribution in [0, 0.1) is 5.82 Å². The summed E-state index contributed by atoms with van der Waals surface area (Å²) in [5, 5.41) is 12.5. The first kappa shape index (κ1) is 15.6. The van der Waals surface area contributed by atoms with Gasteiger partial charge in [0.2, 0.25) is 5.91 Å². The molecule has 2 aliphatic carbocycles. The Labute approximate surface area is 139 Å². The van der Waals surface area contributed by atoms with Crippen LogP contribution in [0.4, 0.5) is 4.39 Å². The summed E-state index contributed by atoms with van der Waals surface area (Å²) >= 11 is 0. The van der Waals surface area contributed by atoms with Gasteiger partial charge >= 0.3 is 5.97 Å². The highest BCUT2D eigenvalue weighted by Gasteiger charge is 2.51. The number of halogens is 1. The summed E-state index contributed by atoms with van der Waals surface area (Å²) in [6.07, 6.45) is 4.71. The van der Waals surface area contributed by atoms with Crippen LogP contribution in [0.2, 0.25) is 0 Å². The molecule has 5 nitrogen and oxygen atoms in total. The number of benzene rings is 1. The van der Waals surface area contributed by atoms with Gasteiger partial charge in [0, 0.05) is 6.04 Å². The highest BCUT2D eigenvalue weighted by molar-refractivity contribution is 5.85. The Bertz CT molecular complexity index is 667. The van der Waals surface area contributed by atoms with E-state index in [1.54, 1.807) is 12.1 Å². The number of aliphatic carboxylic acids is 1. The number of carboxylic acids is 1. The first-order valence-electron chi connectivity index (χ1n) is 8.58. The molecule has 2 atom stereocenters. The molecule has 1 aromatic carbocycles. The Balaban J connectivity index is 1.50. The van der Waals surface area contributed by atoms with E-state index in [4.69, 9.17) is 0 Å². The lowest BCUT2D eigenvalue weighted by molar-refractivity contribution is -0.143. The van der Waals surface area contributed by atoms with E-state index < -0.39 is 17.6 Å². The minimum absolute atomic E-state index is 0.0903. The summed E-state index contributed by atoms with van der Waals surface area (Å²) in [5.41, 5.74) is 0.518. The summed E-state index contributed by atoms with van der Waals surface area (Å²) in [4.78, 5) is 26.2. The van der Waals surface area contributed by atoms with Crippen molar-refractivity contribution in [2.45, 2.75) is 62.2 Å². The number of hydrogen-bond donors (Lipinski definition) is 2. The zero-order valence-corrected chi connectivity index (χ0v) is 13.4. The predicted octanol–water partition coefficient (Wildman–Crippen LogP) is 2.01. The van der Waals surface area contributed by atoms with Gasteiger partial charge in [0.25, 0.3) is 0 Å². The Morgan fingerprint density at radius 1 is 1.08 bits per heavy atom. The van der Waals surface area contributed by atoms with Crippen molar-refractivity contribution < 1.29 is 19.1 Å². The van der Waals surface area contributed by atoms with Gasteiger partial charge in [-0.05, 0) is 56.2 Å². The van der Waals surface area contributed by atoms with E-state index in [0.717, 1.165) is 31.2 Å². The summed E-state index contributed by atoms with van der Waals surface area (Å²) in [5.74, 6) is -1.22. The first-order valence-corrected chi connectivity index (χ1v) is 8.58. The van der Waals surface area contributed by atoms with Crippen LogP contribution < -0.4 is 5.32 Å². The lowest BCUT2D eigenvalue weighted by atomic mass is 10.0. The molecule has 24 heavy (non-hydrogen) atoms. The molecule has 0 aromatic heterocycles. The molecule has 0 bridgehead atoms. The van der Waals surface area contributed by atoms with Crippen LogP contribution in [0.5, 0.6) is 0 Å². The number of carbonyl (C=O) groups excluding carboxylic acids is 1. The highest BCUT2D eigenvalue weighted by Crippen LogP contribution is 2.46. The largest absolute Gasteiger partial charge is 0.480 e. The van der Waals surface area contributed by atoms with E-state index in [2.05, 4.69) is 5.32 Å². The molecule has 0 radical (unpaired) electrons. The van der Waals surface area contributed by atoms with Crippen LogP contribution in [-0.4, -0.2) is 40.0 Å². The lowest BCUT2D eigenvalue weighted by Crippen LogP contribution is -2.51. The van der Waals surface area contributed by atoms with Crippen molar-refractivity contribution in [3.63, 3.8) is 0 Å². The number of rotatable bonds is 5. The average Bonchev–Trinajstić information content (AvgIpc) is 3.47. The molecule has 1 heterocycles. The molecule has 6 heteroatoms. The molecule has 2 unspecified atom stereocenters. The summed E-state index contributed by atoms with van der Waals surface area (Å²) in [7, 11) is 0. The molecule has 1 saturated heterocycles. The second-order valence-electron chi connectivity index (χ2n) is 7.20. The van der Waals surface area contributed by atoms with Crippen molar-refractivity contribution in [1.29, 1.82) is 0 Å². The third kappa shape index (κ3) is 2.69. The van der Waals surface area contributed by atoms with Gasteiger partial charge in [-0.15, -0.1) is 0 Å². The van der Waals surface area contributed by atoms with E-state index in [9.17, 15) is 19.1 Å². The van der Waals surface area contributed by atoms with Crippen molar-refractivity contribution in [3.8, 4) is 0 Å². The van der Waals surface area contributed by atoms with Crippen LogP contribution >= 0.6 is 0 Å². The average molecular weight is 332 g/mol. The van der Waals surface area contributed by atoms with Crippen molar-refractivity contribution in [3.05, 3.63) is 35.6 Å². The van der Waals surface area contributed by atoms with Crippen molar-refractivity contribution in [2.75, 3.05) is 0 Å². The van der Waals surface area contributed by atoms with Crippen LogP contribution in [0.15, 0.2) is 24.3 Å². The van der Waals surface area contributed by atoms with Crippen LogP contribution in [0.3, 0.4) is 0 Å². The third-order valence-corrected chi connectivity index (χ3v) is 5.50. The molecular formula is C18H21FN2O3. The van der Waals surface area contributed by atoms with Gasteiger partial charge in [-0.1, -0.05) is 12.1 Å². The standard InChI is InChI=1S/C18H21FN2O3/c19-12-3-1-11(2-4-12)18(9-10-18)20-16(22)14-7-8-15(17(23)24)21(14)13-5-6-13/h1-4,13-15H,5-10H2,(H,20,22)(H,23,24). The normalized spacial score (nSPS) is 28.5. The first-order chi connectivity index (χ1) is 11.5. The number of carbonyl (C=O) groups is 2. The van der Waals surface area contributed by atoms with E-state index in [1.807, 2.05) is 4.90 Å². The van der Waals surface area contributed by atoms with E-state index >= 15 is 0 Å². The van der Waals surface area contributed by atoms with Crippen molar-refractivity contribution in [1.82, 2.24) is 10.2 Å². The van der Waals surface area contributed by atoms with Crippen molar-refractivity contribution >= 4 is 11.9 Å². The molecular weight excluding hydrogens is 311 g/mol. The second-order valence-corrected chi connectivity index (χ2v) is 7.20. The predicted molar refractivity (Wildman–Crippen MR) is 84.8 cm³/mol. The molecule has 0 spiro atoms. The Morgan fingerprint density at radius 2 is 1.71 bits per heavy atom. The van der Waals surface area contributed by atoms with Crippen LogP contribution in [-0.2, 0) is 15.1 Å². The fourth-order valence-corrected chi connectivity index (χ4v) is 3.93. The monoisotopic (exact) mass is 332 g/mol. The molecule has 2 saturated carbocycles. The van der Waals surface area contributed by atoms with Gasteiger partial charge in [0.15, 0.2) is 0 Å². The quantitative estimate of drug-likeness (QED) is 0.865. The number of nitrogens with zero attached hydrogens (tertiary/aromatic N) is 1.